The average Bonchev–Trinajstić information content (AvgIpc) is 2.51. The van der Waals surface area contributed by atoms with E-state index in [1.807, 2.05) is 13.1 Å². The second-order valence-corrected chi connectivity index (χ2v) is 3.90. The van der Waals surface area contributed by atoms with Crippen LogP contribution in [0.5, 0.6) is 0 Å². The van der Waals surface area contributed by atoms with Crippen LogP contribution in [0.15, 0.2) is 24.3 Å². The Balaban J connectivity index is 2.58. The number of benzene rings is 1. The zero-order valence-electron chi connectivity index (χ0n) is 9.28. The first-order valence-corrected chi connectivity index (χ1v) is 4.95. The number of nitrogen functional groups attached to an aromatic ring is 1. The van der Waals surface area contributed by atoms with Gasteiger partial charge < -0.3 is 5.73 Å². The van der Waals surface area contributed by atoms with Crippen LogP contribution in [0.1, 0.15) is 11.1 Å². The van der Waals surface area contributed by atoms with Crippen molar-refractivity contribution in [1.29, 1.82) is 0 Å². The van der Waals surface area contributed by atoms with E-state index in [0.29, 0.717) is 5.82 Å². The lowest BCUT2D eigenvalue weighted by atomic mass is 10.0. The summed E-state index contributed by atoms with van der Waals surface area (Å²) in [4.78, 5) is 0. The van der Waals surface area contributed by atoms with Crippen molar-refractivity contribution >= 4 is 5.82 Å². The third-order valence-corrected chi connectivity index (χ3v) is 2.59. The first-order chi connectivity index (χ1) is 7.08. The summed E-state index contributed by atoms with van der Waals surface area (Å²) in [7, 11) is 1.85. The molecule has 0 aliphatic heterocycles. The minimum atomic E-state index is 0.686. The van der Waals surface area contributed by atoms with Gasteiger partial charge in [-0.25, -0.2) is 0 Å². The predicted molar refractivity (Wildman–Crippen MR) is 62.5 cm³/mol. The van der Waals surface area contributed by atoms with Crippen molar-refractivity contribution < 1.29 is 0 Å². The largest absolute Gasteiger partial charge is 0.384 e. The molecule has 0 aliphatic carbocycles. The van der Waals surface area contributed by atoms with Crippen LogP contribution in [0.4, 0.5) is 5.82 Å². The third-order valence-electron chi connectivity index (χ3n) is 2.59. The van der Waals surface area contributed by atoms with E-state index in [1.54, 1.807) is 4.68 Å². The van der Waals surface area contributed by atoms with Crippen LogP contribution >= 0.6 is 0 Å². The van der Waals surface area contributed by atoms with Crippen LogP contribution in [-0.4, -0.2) is 9.78 Å². The molecule has 0 saturated carbocycles. The van der Waals surface area contributed by atoms with Gasteiger partial charge >= 0.3 is 0 Å². The summed E-state index contributed by atoms with van der Waals surface area (Å²) in [6, 6.07) is 8.25. The van der Waals surface area contributed by atoms with E-state index >= 15 is 0 Å². The summed E-state index contributed by atoms with van der Waals surface area (Å²) in [5.41, 5.74) is 10.3. The zero-order chi connectivity index (χ0) is 11.0. The highest BCUT2D eigenvalue weighted by atomic mass is 15.3. The molecule has 1 aromatic carbocycles. The molecule has 15 heavy (non-hydrogen) atoms. The normalized spacial score (nSPS) is 10.6. The summed E-state index contributed by atoms with van der Waals surface area (Å²) < 4.78 is 1.69. The van der Waals surface area contributed by atoms with E-state index in [2.05, 4.69) is 37.1 Å². The SMILES string of the molecule is Cc1ccc(C)c(-c2cc(N)n(C)n2)c1. The van der Waals surface area contributed by atoms with Crippen molar-refractivity contribution in [1.82, 2.24) is 9.78 Å². The topological polar surface area (TPSA) is 43.8 Å². The second kappa shape index (κ2) is 3.42. The molecule has 0 spiro atoms. The van der Waals surface area contributed by atoms with E-state index in [9.17, 15) is 0 Å². The van der Waals surface area contributed by atoms with Crippen LogP contribution in [0.2, 0.25) is 0 Å². The Kier molecular flexibility index (Phi) is 2.23. The standard InChI is InChI=1S/C12H15N3/c1-8-4-5-9(2)10(6-8)11-7-12(13)15(3)14-11/h4-7H,13H2,1-3H3. The number of aryl methyl sites for hydroxylation is 3. The van der Waals surface area contributed by atoms with E-state index in [0.717, 1.165) is 11.3 Å². The van der Waals surface area contributed by atoms with Crippen LogP contribution in [-0.2, 0) is 7.05 Å². The van der Waals surface area contributed by atoms with Gasteiger partial charge in [0.1, 0.15) is 5.82 Å². The molecule has 0 unspecified atom stereocenters. The van der Waals surface area contributed by atoms with Crippen molar-refractivity contribution in [3.05, 3.63) is 35.4 Å². The van der Waals surface area contributed by atoms with Crippen LogP contribution in [0.25, 0.3) is 11.3 Å². The Hall–Kier alpha value is -1.77. The second-order valence-electron chi connectivity index (χ2n) is 3.90. The van der Waals surface area contributed by atoms with Crippen molar-refractivity contribution in [2.75, 3.05) is 5.73 Å². The molecule has 0 saturated heterocycles. The molecular formula is C12H15N3. The maximum absolute atomic E-state index is 5.77. The highest BCUT2D eigenvalue weighted by Gasteiger charge is 2.07. The lowest BCUT2D eigenvalue weighted by Crippen LogP contribution is -1.96. The molecule has 0 atom stereocenters. The van der Waals surface area contributed by atoms with Gasteiger partial charge in [-0.1, -0.05) is 17.7 Å². The van der Waals surface area contributed by atoms with Gasteiger partial charge in [0.05, 0.1) is 5.69 Å². The summed E-state index contributed by atoms with van der Waals surface area (Å²) in [6.07, 6.45) is 0. The highest BCUT2D eigenvalue weighted by molar-refractivity contribution is 5.66. The molecule has 0 radical (unpaired) electrons. The van der Waals surface area contributed by atoms with E-state index in [-0.39, 0.29) is 0 Å². The first-order valence-electron chi connectivity index (χ1n) is 4.95. The minimum Gasteiger partial charge on any atom is -0.384 e. The van der Waals surface area contributed by atoms with Crippen molar-refractivity contribution in [3.63, 3.8) is 0 Å². The Morgan fingerprint density at radius 1 is 1.20 bits per heavy atom. The summed E-state index contributed by atoms with van der Waals surface area (Å²) >= 11 is 0. The molecule has 1 heterocycles. The molecule has 3 nitrogen and oxygen atoms in total. The molecule has 0 aliphatic rings. The average molecular weight is 201 g/mol. The zero-order valence-corrected chi connectivity index (χ0v) is 9.28. The molecule has 78 valence electrons. The maximum Gasteiger partial charge on any atom is 0.121 e. The van der Waals surface area contributed by atoms with Gasteiger partial charge in [0.2, 0.25) is 0 Å². The van der Waals surface area contributed by atoms with E-state index in [1.165, 1.54) is 11.1 Å². The Morgan fingerprint density at radius 3 is 2.53 bits per heavy atom. The number of rotatable bonds is 1. The number of aromatic nitrogens is 2. The quantitative estimate of drug-likeness (QED) is 0.769. The van der Waals surface area contributed by atoms with Gasteiger partial charge in [-0.2, -0.15) is 5.10 Å². The fourth-order valence-electron chi connectivity index (χ4n) is 1.63. The lowest BCUT2D eigenvalue weighted by molar-refractivity contribution is 0.782. The monoisotopic (exact) mass is 201 g/mol. The van der Waals surface area contributed by atoms with Gasteiger partial charge in [0.15, 0.2) is 0 Å². The number of hydrogen-bond acceptors (Lipinski definition) is 2. The fraction of sp³-hybridized carbons (Fsp3) is 0.250. The number of nitrogens with zero attached hydrogens (tertiary/aromatic N) is 2. The minimum absolute atomic E-state index is 0.686. The van der Waals surface area contributed by atoms with Crippen LogP contribution in [0.3, 0.4) is 0 Å². The molecule has 2 aromatic rings. The lowest BCUT2D eigenvalue weighted by Gasteiger charge is -2.03. The van der Waals surface area contributed by atoms with E-state index in [4.69, 9.17) is 5.73 Å². The van der Waals surface area contributed by atoms with Gasteiger partial charge in [0, 0.05) is 18.7 Å². The molecule has 0 amide bonds. The van der Waals surface area contributed by atoms with Crippen molar-refractivity contribution in [2.45, 2.75) is 13.8 Å². The Labute approximate surface area is 89.5 Å². The summed E-state index contributed by atoms with van der Waals surface area (Å²) in [6.45, 7) is 4.16. The summed E-state index contributed by atoms with van der Waals surface area (Å²) in [5, 5.41) is 4.37. The summed E-state index contributed by atoms with van der Waals surface area (Å²) in [5.74, 6) is 0.686. The number of anilines is 1. The fourth-order valence-corrected chi connectivity index (χ4v) is 1.63. The molecule has 2 rings (SSSR count). The van der Waals surface area contributed by atoms with Crippen LogP contribution in [0, 0.1) is 13.8 Å². The van der Waals surface area contributed by atoms with E-state index < -0.39 is 0 Å². The van der Waals surface area contributed by atoms with Crippen molar-refractivity contribution in [3.8, 4) is 11.3 Å². The predicted octanol–water partition coefficient (Wildman–Crippen LogP) is 2.29. The maximum atomic E-state index is 5.77. The van der Waals surface area contributed by atoms with Gasteiger partial charge in [-0.3, -0.25) is 4.68 Å². The molecule has 3 heteroatoms. The Bertz CT molecular complexity index is 478. The molecule has 1 aromatic heterocycles. The van der Waals surface area contributed by atoms with Crippen molar-refractivity contribution in [2.24, 2.45) is 7.05 Å². The highest BCUT2D eigenvalue weighted by Crippen LogP contribution is 2.24. The van der Waals surface area contributed by atoms with Crippen LogP contribution < -0.4 is 5.73 Å². The van der Waals surface area contributed by atoms with Gasteiger partial charge in [-0.15, -0.1) is 0 Å². The smallest absolute Gasteiger partial charge is 0.121 e. The first kappa shape index (κ1) is 9.77. The molecule has 0 fully saturated rings. The number of hydrogen-bond donors (Lipinski definition) is 1. The molecule has 2 N–H and O–H groups in total. The third kappa shape index (κ3) is 1.73. The molecular weight excluding hydrogens is 186 g/mol. The van der Waals surface area contributed by atoms with Gasteiger partial charge in [-0.05, 0) is 25.5 Å². The number of nitrogens with two attached hydrogens (primary N) is 1. The Morgan fingerprint density at radius 2 is 1.93 bits per heavy atom. The molecule has 0 bridgehead atoms. The van der Waals surface area contributed by atoms with Gasteiger partial charge in [0.25, 0.3) is 0 Å².